The summed E-state index contributed by atoms with van der Waals surface area (Å²) in [5.41, 5.74) is 2.37. The van der Waals surface area contributed by atoms with E-state index in [9.17, 15) is 28.0 Å². The van der Waals surface area contributed by atoms with Gasteiger partial charge in [0, 0.05) is 60.7 Å². The van der Waals surface area contributed by atoms with Gasteiger partial charge in [0.1, 0.15) is 35.8 Å². The molecule has 8 rings (SSSR count). The molecule has 4 fully saturated rings. The van der Waals surface area contributed by atoms with Crippen LogP contribution < -0.4 is 10.6 Å². The Bertz CT molecular complexity index is 2340. The van der Waals surface area contributed by atoms with Gasteiger partial charge >= 0.3 is 0 Å². The van der Waals surface area contributed by atoms with E-state index in [4.69, 9.17) is 4.98 Å². The zero-order valence-corrected chi connectivity index (χ0v) is 36.8. The first-order valence-corrected chi connectivity index (χ1v) is 23.1. The molecule has 2 aromatic carbocycles. The number of H-pyrrole nitrogens is 1. The number of ketones is 1. The second-order valence-electron chi connectivity index (χ2n) is 18.8. The van der Waals surface area contributed by atoms with E-state index in [1.54, 1.807) is 35.9 Å². The van der Waals surface area contributed by atoms with Gasteiger partial charge in [-0.15, -0.1) is 0 Å². The van der Waals surface area contributed by atoms with Crippen molar-refractivity contribution in [2.24, 2.45) is 23.7 Å². The third kappa shape index (κ3) is 9.40. The summed E-state index contributed by atoms with van der Waals surface area (Å²) in [6, 6.07) is 6.04. The van der Waals surface area contributed by atoms with E-state index >= 15 is 8.78 Å². The summed E-state index contributed by atoms with van der Waals surface area (Å²) >= 11 is 0. The van der Waals surface area contributed by atoms with Gasteiger partial charge in [-0.05, 0) is 100 Å². The van der Waals surface area contributed by atoms with E-state index in [2.05, 4.69) is 15.6 Å². The number of alkyl halides is 2. The fourth-order valence-corrected chi connectivity index (χ4v) is 10.4. The number of benzene rings is 2. The lowest BCUT2D eigenvalue weighted by atomic mass is 9.83. The number of nitrogens with zero attached hydrogens (tertiary/aromatic N) is 4. The lowest BCUT2D eigenvalue weighted by Gasteiger charge is -2.35. The fraction of sp³-hybridized carbons (Fsp3) is 0.604. The van der Waals surface area contributed by atoms with E-state index in [1.165, 1.54) is 24.3 Å². The van der Waals surface area contributed by atoms with Crippen LogP contribution >= 0.6 is 0 Å². The molecule has 3 amide bonds. The number of fused-ring (bicyclic) bond motifs is 2. The fourth-order valence-electron chi connectivity index (χ4n) is 10.4. The molecule has 8 atom stereocenters. The number of halogens is 4. The number of aromatic amines is 1. The Balaban J connectivity index is 1.16. The number of Topliss-reactive ketones (excluding diaryl/α,β-unsaturated/α-hetero) is 1. The van der Waals surface area contributed by atoms with Crippen LogP contribution in [0.1, 0.15) is 97.0 Å². The van der Waals surface area contributed by atoms with Crippen LogP contribution in [0.15, 0.2) is 36.4 Å². The van der Waals surface area contributed by atoms with Gasteiger partial charge in [-0.1, -0.05) is 33.1 Å². The molecular formula is C48H61F4N7O4. The molecule has 0 radical (unpaired) electrons. The van der Waals surface area contributed by atoms with E-state index < -0.39 is 54.1 Å². The van der Waals surface area contributed by atoms with Crippen molar-refractivity contribution in [3.8, 4) is 11.5 Å². The average Bonchev–Trinajstić information content (AvgIpc) is 3.64. The number of imidazole rings is 1. The Hall–Kier alpha value is -4.79. The van der Waals surface area contributed by atoms with Crippen molar-refractivity contribution in [2.75, 3.05) is 20.1 Å². The molecule has 4 aromatic rings. The van der Waals surface area contributed by atoms with Crippen LogP contribution in [0.3, 0.4) is 0 Å². The SMILES string of the molecule is CC[C@@H](C)C(=O)N[C@H](C(=O)N1C[C@@H](F)C[C@H]1Cn1c(-c2[nH]c3cc(F)ccc3c2C[C@@H]2C[C@H](F)CN2C(=O)C(CC(=O)[C@H](C)NC)C2CC2)nc2cc(F)ccc21)C1CCCCC1. The highest BCUT2D eigenvalue weighted by Gasteiger charge is 2.46. The summed E-state index contributed by atoms with van der Waals surface area (Å²) in [6.07, 6.45) is 4.46. The third-order valence-corrected chi connectivity index (χ3v) is 14.5. The zero-order chi connectivity index (χ0) is 44.7. The Labute approximate surface area is 366 Å². The minimum Gasteiger partial charge on any atom is -0.352 e. The predicted octanol–water partition coefficient (Wildman–Crippen LogP) is 7.59. The number of carbonyl (C=O) groups is 4. The van der Waals surface area contributed by atoms with Crippen LogP contribution in [0, 0.1) is 35.3 Å². The first kappa shape index (κ1) is 44.8. The number of aromatic nitrogens is 3. The minimum absolute atomic E-state index is 0.0301. The molecule has 2 saturated heterocycles. The molecule has 1 unspecified atom stereocenters. The summed E-state index contributed by atoms with van der Waals surface area (Å²) in [4.78, 5) is 66.9. The molecule has 0 spiro atoms. The van der Waals surface area contributed by atoms with Crippen LogP contribution in [-0.4, -0.2) is 104 Å². The quantitative estimate of drug-likeness (QED) is 0.0995. The molecule has 3 N–H and O–H groups in total. The molecule has 4 heterocycles. The van der Waals surface area contributed by atoms with Gasteiger partial charge in [-0.3, -0.25) is 19.2 Å². The monoisotopic (exact) mass is 875 g/mol. The van der Waals surface area contributed by atoms with Crippen LogP contribution in [0.4, 0.5) is 17.6 Å². The summed E-state index contributed by atoms with van der Waals surface area (Å²) in [5.74, 6) is -2.41. The number of likely N-dealkylation sites (N-methyl/N-ethyl adjacent to an activating group) is 1. The number of hydrogen-bond acceptors (Lipinski definition) is 6. The van der Waals surface area contributed by atoms with Crippen LogP contribution in [-0.2, 0) is 32.1 Å². The normalized spacial score (nSPS) is 23.9. The van der Waals surface area contributed by atoms with Gasteiger partial charge in [-0.25, -0.2) is 22.5 Å². The maximum Gasteiger partial charge on any atom is 0.245 e. The third-order valence-electron chi connectivity index (χ3n) is 14.5. The Kier molecular flexibility index (Phi) is 13.3. The van der Waals surface area contributed by atoms with Crippen molar-refractivity contribution in [1.82, 2.24) is 35.0 Å². The number of likely N-dealkylation sites (tertiary alicyclic amines) is 2. The van der Waals surface area contributed by atoms with Gasteiger partial charge in [0.05, 0.1) is 41.9 Å². The summed E-state index contributed by atoms with van der Waals surface area (Å²) in [7, 11) is 1.70. The molecule has 340 valence electrons. The molecule has 2 saturated carbocycles. The minimum atomic E-state index is -1.32. The predicted molar refractivity (Wildman–Crippen MR) is 233 cm³/mol. The van der Waals surface area contributed by atoms with Crippen molar-refractivity contribution in [2.45, 2.75) is 141 Å². The molecule has 4 aliphatic rings. The summed E-state index contributed by atoms with van der Waals surface area (Å²) < 4.78 is 62.9. The Morgan fingerprint density at radius 3 is 2.21 bits per heavy atom. The van der Waals surface area contributed by atoms with Gasteiger partial charge < -0.3 is 30.0 Å². The Morgan fingerprint density at radius 2 is 1.52 bits per heavy atom. The standard InChI is InChI=1S/C48H61F4N7O4/c1-5-26(2)46(61)56-43(29-9-7-6-8-10-29)48(63)58-24-33(52)18-35(58)25-59-41-16-14-31(50)20-40(41)55-45(59)44-38(36-15-13-30(49)19-39(36)54-44)21-34-17-32(51)23-57(34)47(62)37(28-11-12-28)22-42(60)27(3)53-4/h13-16,19-20,26-29,32-35,37,43,53-54H,5-12,17-18,21-25H2,1-4H3,(H,56,61)/t26-,27+,32+,33+,34+,35+,37?,43+/m1/s1. The topological polar surface area (TPSA) is 132 Å². The highest BCUT2D eigenvalue weighted by atomic mass is 19.1. The van der Waals surface area contributed by atoms with Crippen LogP contribution in [0.5, 0.6) is 0 Å². The number of nitrogens with one attached hydrogen (secondary N) is 3. The van der Waals surface area contributed by atoms with E-state index in [1.807, 2.05) is 18.4 Å². The van der Waals surface area contributed by atoms with Crippen LogP contribution in [0.2, 0.25) is 0 Å². The number of hydrogen-bond donors (Lipinski definition) is 3. The average molecular weight is 876 g/mol. The molecular weight excluding hydrogens is 815 g/mol. The summed E-state index contributed by atoms with van der Waals surface area (Å²) in [6.45, 7) is 5.33. The van der Waals surface area contributed by atoms with Crippen molar-refractivity contribution in [3.63, 3.8) is 0 Å². The van der Waals surface area contributed by atoms with Gasteiger partial charge in [0.15, 0.2) is 5.82 Å². The molecule has 2 aliphatic carbocycles. The second kappa shape index (κ2) is 18.7. The highest BCUT2D eigenvalue weighted by molar-refractivity contribution is 5.93. The lowest BCUT2D eigenvalue weighted by molar-refractivity contribution is -0.140. The highest BCUT2D eigenvalue weighted by Crippen LogP contribution is 2.42. The lowest BCUT2D eigenvalue weighted by Crippen LogP contribution is -2.55. The molecule has 63 heavy (non-hydrogen) atoms. The van der Waals surface area contributed by atoms with Crippen LogP contribution in [0.25, 0.3) is 33.5 Å². The zero-order valence-electron chi connectivity index (χ0n) is 36.8. The second-order valence-corrected chi connectivity index (χ2v) is 18.8. The van der Waals surface area contributed by atoms with Gasteiger partial charge in [0.2, 0.25) is 17.7 Å². The van der Waals surface area contributed by atoms with E-state index in [-0.39, 0.29) is 86.6 Å². The first-order chi connectivity index (χ1) is 30.2. The molecule has 0 bridgehead atoms. The number of amides is 3. The number of rotatable bonds is 16. The molecule has 15 heteroatoms. The maximum absolute atomic E-state index is 15.7. The van der Waals surface area contributed by atoms with E-state index in [0.29, 0.717) is 45.4 Å². The molecule has 11 nitrogen and oxygen atoms in total. The largest absolute Gasteiger partial charge is 0.352 e. The van der Waals surface area contributed by atoms with Crippen molar-refractivity contribution in [1.29, 1.82) is 0 Å². The summed E-state index contributed by atoms with van der Waals surface area (Å²) in [5, 5.41) is 6.66. The van der Waals surface area contributed by atoms with Crippen molar-refractivity contribution >= 4 is 45.4 Å². The Morgan fingerprint density at radius 1 is 0.857 bits per heavy atom. The molecule has 2 aliphatic heterocycles. The molecule has 2 aromatic heterocycles. The van der Waals surface area contributed by atoms with Gasteiger partial charge in [-0.2, -0.15) is 0 Å². The van der Waals surface area contributed by atoms with Crippen molar-refractivity contribution in [3.05, 3.63) is 53.6 Å². The van der Waals surface area contributed by atoms with Crippen molar-refractivity contribution < 1.29 is 36.7 Å². The maximum atomic E-state index is 15.7. The van der Waals surface area contributed by atoms with Gasteiger partial charge in [0.25, 0.3) is 0 Å². The smallest absolute Gasteiger partial charge is 0.245 e. The number of carbonyl (C=O) groups excluding carboxylic acids is 4. The first-order valence-electron chi connectivity index (χ1n) is 23.1. The van der Waals surface area contributed by atoms with E-state index in [0.717, 1.165) is 44.9 Å².